The van der Waals surface area contributed by atoms with Gasteiger partial charge in [-0.25, -0.2) is 0 Å². The Morgan fingerprint density at radius 3 is 2.90 bits per heavy atom. The van der Waals surface area contributed by atoms with Crippen molar-refractivity contribution >= 4 is 29.9 Å². The molecule has 2 atom stereocenters. The van der Waals surface area contributed by atoms with Crippen molar-refractivity contribution in [2.24, 2.45) is 16.6 Å². The molecule has 0 bridgehead atoms. The minimum atomic E-state index is 0. The number of nitrogens with two attached hydrogens (primary N) is 1. The lowest BCUT2D eigenvalue weighted by Crippen LogP contribution is -2.43. The van der Waals surface area contributed by atoms with Crippen molar-refractivity contribution in [3.8, 4) is 0 Å². The summed E-state index contributed by atoms with van der Waals surface area (Å²) in [6.45, 7) is 4.93. The van der Waals surface area contributed by atoms with Gasteiger partial charge >= 0.3 is 0 Å². The summed E-state index contributed by atoms with van der Waals surface area (Å²) in [5.74, 6) is 2.29. The first-order valence-corrected chi connectivity index (χ1v) is 7.32. The Balaban J connectivity index is 0.00000220. The van der Waals surface area contributed by atoms with Crippen molar-refractivity contribution in [2.45, 2.75) is 25.8 Å². The van der Waals surface area contributed by atoms with Crippen molar-refractivity contribution < 1.29 is 4.42 Å². The van der Waals surface area contributed by atoms with Gasteiger partial charge in [0.1, 0.15) is 5.76 Å². The first-order chi connectivity index (χ1) is 9.58. The van der Waals surface area contributed by atoms with Crippen LogP contribution in [0.25, 0.3) is 0 Å². The molecule has 2 rings (SSSR count). The van der Waals surface area contributed by atoms with Gasteiger partial charge in [0.25, 0.3) is 0 Å². The molecule has 120 valence electrons. The average Bonchev–Trinajstić information content (AvgIpc) is 2.92. The minimum Gasteiger partial charge on any atom is -0.468 e. The van der Waals surface area contributed by atoms with Gasteiger partial charge in [-0.05, 0) is 45.0 Å². The molecule has 1 fully saturated rings. The van der Waals surface area contributed by atoms with Gasteiger partial charge in [-0.1, -0.05) is 6.92 Å². The van der Waals surface area contributed by atoms with Crippen molar-refractivity contribution in [2.75, 3.05) is 33.7 Å². The predicted octanol–water partition coefficient (Wildman–Crippen LogP) is 2.55. The fourth-order valence-electron chi connectivity index (χ4n) is 2.67. The zero-order chi connectivity index (χ0) is 14.5. The van der Waals surface area contributed by atoms with E-state index in [0.29, 0.717) is 18.4 Å². The number of aliphatic imine (C=N–C) groups is 1. The maximum absolute atomic E-state index is 6.14. The second-order valence-electron chi connectivity index (χ2n) is 5.89. The van der Waals surface area contributed by atoms with E-state index in [0.717, 1.165) is 18.8 Å². The van der Waals surface area contributed by atoms with Crippen LogP contribution in [0, 0.1) is 5.92 Å². The second-order valence-corrected chi connectivity index (χ2v) is 5.89. The molecule has 0 spiro atoms. The van der Waals surface area contributed by atoms with E-state index in [1.54, 1.807) is 6.26 Å². The van der Waals surface area contributed by atoms with Gasteiger partial charge in [-0.15, -0.1) is 24.0 Å². The molecule has 0 amide bonds. The van der Waals surface area contributed by atoms with Crippen LogP contribution in [0.4, 0.5) is 0 Å². The Kier molecular flexibility index (Phi) is 7.51. The number of rotatable bonds is 4. The van der Waals surface area contributed by atoms with Crippen LogP contribution in [0.2, 0.25) is 0 Å². The molecule has 6 heteroatoms. The van der Waals surface area contributed by atoms with Crippen LogP contribution in [0.1, 0.15) is 31.6 Å². The number of likely N-dealkylation sites (N-methyl/N-ethyl adjacent to an activating group) is 1. The number of guanidine groups is 1. The van der Waals surface area contributed by atoms with E-state index < -0.39 is 0 Å². The molecule has 1 aromatic rings. The number of piperidine rings is 1. The van der Waals surface area contributed by atoms with E-state index in [1.165, 1.54) is 12.8 Å². The third-order valence-corrected chi connectivity index (χ3v) is 3.90. The van der Waals surface area contributed by atoms with Crippen molar-refractivity contribution in [3.05, 3.63) is 24.2 Å². The van der Waals surface area contributed by atoms with Crippen molar-refractivity contribution in [1.82, 2.24) is 9.80 Å². The first-order valence-electron chi connectivity index (χ1n) is 7.32. The topological polar surface area (TPSA) is 58.0 Å². The summed E-state index contributed by atoms with van der Waals surface area (Å²) in [4.78, 5) is 8.88. The van der Waals surface area contributed by atoms with Crippen LogP contribution in [0.5, 0.6) is 0 Å². The van der Waals surface area contributed by atoms with E-state index in [1.807, 2.05) is 26.2 Å². The SMILES string of the molecule is CC1CCCN(C(N)=NCC(c2ccco2)N(C)C)C1.I. The van der Waals surface area contributed by atoms with Gasteiger partial charge in [0.15, 0.2) is 5.96 Å². The molecule has 2 N–H and O–H groups in total. The summed E-state index contributed by atoms with van der Waals surface area (Å²) in [7, 11) is 4.06. The first kappa shape index (κ1) is 18.3. The van der Waals surface area contributed by atoms with Crippen LogP contribution in [-0.4, -0.2) is 49.5 Å². The molecule has 0 aliphatic carbocycles. The molecular weight excluding hydrogens is 379 g/mol. The highest BCUT2D eigenvalue weighted by molar-refractivity contribution is 14.0. The van der Waals surface area contributed by atoms with E-state index in [-0.39, 0.29) is 30.0 Å². The maximum Gasteiger partial charge on any atom is 0.191 e. The third-order valence-electron chi connectivity index (χ3n) is 3.90. The highest BCUT2D eigenvalue weighted by Gasteiger charge is 2.20. The molecule has 2 unspecified atom stereocenters. The van der Waals surface area contributed by atoms with Gasteiger partial charge in [-0.3, -0.25) is 9.89 Å². The van der Waals surface area contributed by atoms with E-state index in [2.05, 4.69) is 21.7 Å². The van der Waals surface area contributed by atoms with E-state index >= 15 is 0 Å². The third kappa shape index (κ3) is 5.18. The molecule has 0 radical (unpaired) electrons. The number of hydrogen-bond donors (Lipinski definition) is 1. The van der Waals surface area contributed by atoms with Gasteiger partial charge < -0.3 is 15.1 Å². The van der Waals surface area contributed by atoms with Gasteiger partial charge in [0, 0.05) is 13.1 Å². The monoisotopic (exact) mass is 406 g/mol. The van der Waals surface area contributed by atoms with Crippen LogP contribution in [0.15, 0.2) is 27.8 Å². The number of nitrogens with zero attached hydrogens (tertiary/aromatic N) is 3. The lowest BCUT2D eigenvalue weighted by Gasteiger charge is -2.32. The number of hydrogen-bond acceptors (Lipinski definition) is 3. The molecule has 21 heavy (non-hydrogen) atoms. The number of halogens is 1. The minimum absolute atomic E-state index is 0. The Bertz CT molecular complexity index is 433. The summed E-state index contributed by atoms with van der Waals surface area (Å²) in [5, 5.41) is 0. The van der Waals surface area contributed by atoms with Crippen LogP contribution >= 0.6 is 24.0 Å². The van der Waals surface area contributed by atoms with Gasteiger partial charge in [-0.2, -0.15) is 0 Å². The molecule has 1 aliphatic rings. The molecular formula is C15H27IN4O. The van der Waals surface area contributed by atoms with Gasteiger partial charge in [0.2, 0.25) is 0 Å². The number of likely N-dealkylation sites (tertiary alicyclic amines) is 1. The second kappa shape index (κ2) is 8.63. The Morgan fingerprint density at radius 2 is 2.33 bits per heavy atom. The van der Waals surface area contributed by atoms with Crippen LogP contribution in [0.3, 0.4) is 0 Å². The van der Waals surface area contributed by atoms with Crippen LogP contribution in [-0.2, 0) is 0 Å². The molecule has 1 aromatic heterocycles. The molecule has 0 aromatic carbocycles. The Hall–Kier alpha value is -0.760. The van der Waals surface area contributed by atoms with Crippen LogP contribution < -0.4 is 5.73 Å². The van der Waals surface area contributed by atoms with E-state index in [9.17, 15) is 0 Å². The summed E-state index contributed by atoms with van der Waals surface area (Å²) in [6, 6.07) is 4.02. The predicted molar refractivity (Wildman–Crippen MR) is 97.0 cm³/mol. The van der Waals surface area contributed by atoms with Gasteiger partial charge in [0.05, 0.1) is 18.8 Å². The molecule has 5 nitrogen and oxygen atoms in total. The summed E-state index contributed by atoms with van der Waals surface area (Å²) >= 11 is 0. The zero-order valence-electron chi connectivity index (χ0n) is 13.2. The quantitative estimate of drug-likeness (QED) is 0.475. The zero-order valence-corrected chi connectivity index (χ0v) is 15.5. The summed E-state index contributed by atoms with van der Waals surface area (Å²) in [6.07, 6.45) is 4.19. The highest BCUT2D eigenvalue weighted by Crippen LogP contribution is 2.19. The Morgan fingerprint density at radius 1 is 1.57 bits per heavy atom. The fourth-order valence-corrected chi connectivity index (χ4v) is 2.67. The molecule has 1 saturated heterocycles. The normalized spacial score (nSPS) is 21.2. The lowest BCUT2D eigenvalue weighted by atomic mass is 10.0. The Labute approximate surface area is 144 Å². The maximum atomic E-state index is 6.14. The van der Waals surface area contributed by atoms with Crippen molar-refractivity contribution in [1.29, 1.82) is 0 Å². The smallest absolute Gasteiger partial charge is 0.191 e. The number of furan rings is 1. The lowest BCUT2D eigenvalue weighted by molar-refractivity contribution is 0.257. The van der Waals surface area contributed by atoms with E-state index in [4.69, 9.17) is 10.2 Å². The highest BCUT2D eigenvalue weighted by atomic mass is 127. The molecule has 2 heterocycles. The average molecular weight is 406 g/mol. The fraction of sp³-hybridized carbons (Fsp3) is 0.667. The largest absolute Gasteiger partial charge is 0.468 e. The standard InChI is InChI=1S/C15H26N4O.HI/c1-12-6-4-8-19(11-12)15(16)17-10-13(18(2)3)14-7-5-9-20-14;/h5,7,9,12-13H,4,6,8,10-11H2,1-3H3,(H2,16,17);1H. The molecule has 1 aliphatic heterocycles. The molecule has 0 saturated carbocycles. The summed E-state index contributed by atoms with van der Waals surface area (Å²) < 4.78 is 5.49. The summed E-state index contributed by atoms with van der Waals surface area (Å²) in [5.41, 5.74) is 6.14. The van der Waals surface area contributed by atoms with Crippen molar-refractivity contribution in [3.63, 3.8) is 0 Å².